The van der Waals surface area contributed by atoms with Crippen molar-refractivity contribution < 1.29 is 9.90 Å². The molecule has 0 aromatic rings. The van der Waals surface area contributed by atoms with Crippen molar-refractivity contribution in [1.82, 2.24) is 4.90 Å². The number of carbonyl (C=O) groups is 1. The van der Waals surface area contributed by atoms with Crippen LogP contribution in [0.3, 0.4) is 0 Å². The van der Waals surface area contributed by atoms with Gasteiger partial charge in [-0.1, -0.05) is 11.6 Å². The van der Waals surface area contributed by atoms with Gasteiger partial charge in [0.15, 0.2) is 0 Å². The Bertz CT molecular complexity index is 246. The summed E-state index contributed by atoms with van der Waals surface area (Å²) in [6.45, 7) is 6.58. The molecule has 1 rings (SSSR count). The highest BCUT2D eigenvalue weighted by Crippen LogP contribution is 2.17. The minimum absolute atomic E-state index is 0.291. The van der Waals surface area contributed by atoms with Crippen molar-refractivity contribution in [3.05, 3.63) is 11.6 Å². The molecule has 15 heavy (non-hydrogen) atoms. The molecule has 0 spiro atoms. The van der Waals surface area contributed by atoms with E-state index >= 15 is 0 Å². The van der Waals surface area contributed by atoms with Crippen LogP contribution in [-0.2, 0) is 4.79 Å². The summed E-state index contributed by atoms with van der Waals surface area (Å²) in [6.07, 6.45) is 5.39. The Balaban J connectivity index is 2.30. The molecule has 1 N–H and O–H groups in total. The highest BCUT2D eigenvalue weighted by Gasteiger charge is 2.14. The molecule has 86 valence electrons. The summed E-state index contributed by atoms with van der Waals surface area (Å²) in [6, 6.07) is 0.591. The average molecular weight is 211 g/mol. The molecule has 0 amide bonds. The smallest absolute Gasteiger partial charge is 0.303 e. The first kappa shape index (κ1) is 12.2. The number of aliphatic carboxylic acids is 1. The van der Waals surface area contributed by atoms with Crippen LogP contribution in [0.1, 0.15) is 39.5 Å². The summed E-state index contributed by atoms with van der Waals surface area (Å²) in [7, 11) is 0. The molecule has 3 heteroatoms. The SMILES string of the molecule is CC(C)N1CCC=C(CCCC(=O)O)C1. The molecule has 0 aromatic carbocycles. The second kappa shape index (κ2) is 5.91. The van der Waals surface area contributed by atoms with Crippen LogP contribution in [-0.4, -0.2) is 35.1 Å². The normalized spacial score (nSPS) is 17.9. The molecule has 1 aliphatic heterocycles. The first-order valence-electron chi connectivity index (χ1n) is 5.73. The quantitative estimate of drug-likeness (QED) is 0.709. The van der Waals surface area contributed by atoms with E-state index in [4.69, 9.17) is 5.11 Å². The molecule has 0 aromatic heterocycles. The van der Waals surface area contributed by atoms with Gasteiger partial charge in [0.2, 0.25) is 0 Å². The summed E-state index contributed by atoms with van der Waals surface area (Å²) in [4.78, 5) is 12.8. The van der Waals surface area contributed by atoms with E-state index in [2.05, 4.69) is 24.8 Å². The van der Waals surface area contributed by atoms with Crippen molar-refractivity contribution >= 4 is 5.97 Å². The second-order valence-corrected chi connectivity index (χ2v) is 4.46. The number of hydrogen-bond acceptors (Lipinski definition) is 2. The van der Waals surface area contributed by atoms with Gasteiger partial charge in [-0.15, -0.1) is 0 Å². The highest BCUT2D eigenvalue weighted by molar-refractivity contribution is 5.66. The Hall–Kier alpha value is -0.830. The summed E-state index contributed by atoms with van der Waals surface area (Å²) < 4.78 is 0. The molecule has 0 bridgehead atoms. The maximum absolute atomic E-state index is 10.4. The fourth-order valence-electron chi connectivity index (χ4n) is 1.93. The second-order valence-electron chi connectivity index (χ2n) is 4.46. The van der Waals surface area contributed by atoms with Crippen LogP contribution in [0.15, 0.2) is 11.6 Å². The van der Waals surface area contributed by atoms with Crippen LogP contribution < -0.4 is 0 Å². The third-order valence-electron chi connectivity index (χ3n) is 2.87. The van der Waals surface area contributed by atoms with E-state index in [1.54, 1.807) is 0 Å². The van der Waals surface area contributed by atoms with Gasteiger partial charge >= 0.3 is 5.97 Å². The van der Waals surface area contributed by atoms with E-state index in [9.17, 15) is 4.79 Å². The zero-order valence-electron chi connectivity index (χ0n) is 9.70. The monoisotopic (exact) mass is 211 g/mol. The van der Waals surface area contributed by atoms with Gasteiger partial charge in [0.25, 0.3) is 0 Å². The largest absolute Gasteiger partial charge is 0.481 e. The van der Waals surface area contributed by atoms with Crippen LogP contribution >= 0.6 is 0 Å². The summed E-state index contributed by atoms with van der Waals surface area (Å²) in [5, 5.41) is 8.55. The number of nitrogens with zero attached hydrogens (tertiary/aromatic N) is 1. The lowest BCUT2D eigenvalue weighted by Crippen LogP contribution is -2.35. The molecule has 0 fully saturated rings. The summed E-state index contributed by atoms with van der Waals surface area (Å²) >= 11 is 0. The molecular formula is C12H21NO2. The van der Waals surface area contributed by atoms with Gasteiger partial charge in [0.1, 0.15) is 0 Å². The predicted octanol–water partition coefficient (Wildman–Crippen LogP) is 2.28. The molecule has 0 atom stereocenters. The van der Waals surface area contributed by atoms with Crippen LogP contribution in [0.25, 0.3) is 0 Å². The number of hydrogen-bond donors (Lipinski definition) is 1. The van der Waals surface area contributed by atoms with E-state index in [1.165, 1.54) is 5.57 Å². The first-order chi connectivity index (χ1) is 7.09. The lowest BCUT2D eigenvalue weighted by Gasteiger charge is -2.30. The molecule has 0 saturated heterocycles. The van der Waals surface area contributed by atoms with Crippen LogP contribution in [0, 0.1) is 0 Å². The van der Waals surface area contributed by atoms with E-state index in [-0.39, 0.29) is 0 Å². The van der Waals surface area contributed by atoms with Gasteiger partial charge in [0, 0.05) is 25.6 Å². The van der Waals surface area contributed by atoms with Gasteiger partial charge in [-0.3, -0.25) is 9.69 Å². The topological polar surface area (TPSA) is 40.5 Å². The van der Waals surface area contributed by atoms with Gasteiger partial charge < -0.3 is 5.11 Å². The van der Waals surface area contributed by atoms with Crippen molar-refractivity contribution in [2.24, 2.45) is 0 Å². The number of rotatable bonds is 5. The standard InChI is InChI=1S/C12H21NO2/c1-10(2)13-8-4-6-11(9-13)5-3-7-12(14)15/h6,10H,3-5,7-9H2,1-2H3,(H,14,15). The van der Waals surface area contributed by atoms with Crippen molar-refractivity contribution in [3.8, 4) is 0 Å². The Kier molecular flexibility index (Phi) is 4.82. The first-order valence-corrected chi connectivity index (χ1v) is 5.73. The van der Waals surface area contributed by atoms with E-state index in [0.717, 1.165) is 32.4 Å². The third kappa shape index (κ3) is 4.47. The highest BCUT2D eigenvalue weighted by atomic mass is 16.4. The Morgan fingerprint density at radius 1 is 1.60 bits per heavy atom. The molecule has 3 nitrogen and oxygen atoms in total. The maximum Gasteiger partial charge on any atom is 0.303 e. The molecule has 0 radical (unpaired) electrons. The number of carboxylic acid groups (broad SMARTS) is 1. The van der Waals surface area contributed by atoms with Crippen molar-refractivity contribution in [2.75, 3.05) is 13.1 Å². The molecule has 0 unspecified atom stereocenters. The van der Waals surface area contributed by atoms with Gasteiger partial charge in [0.05, 0.1) is 0 Å². The molecular weight excluding hydrogens is 190 g/mol. The molecule has 0 saturated carbocycles. The zero-order chi connectivity index (χ0) is 11.3. The minimum Gasteiger partial charge on any atom is -0.481 e. The number of carboxylic acids is 1. The van der Waals surface area contributed by atoms with Crippen molar-refractivity contribution in [3.63, 3.8) is 0 Å². The summed E-state index contributed by atoms with van der Waals surface area (Å²) in [5.41, 5.74) is 1.41. The fraction of sp³-hybridized carbons (Fsp3) is 0.750. The Morgan fingerprint density at radius 3 is 2.93 bits per heavy atom. The van der Waals surface area contributed by atoms with Crippen LogP contribution in [0.4, 0.5) is 0 Å². The van der Waals surface area contributed by atoms with E-state index < -0.39 is 5.97 Å². The minimum atomic E-state index is -0.688. The fourth-order valence-corrected chi connectivity index (χ4v) is 1.93. The summed E-state index contributed by atoms with van der Waals surface area (Å²) in [5.74, 6) is -0.688. The Labute approximate surface area is 91.8 Å². The van der Waals surface area contributed by atoms with E-state index in [0.29, 0.717) is 12.5 Å². The third-order valence-corrected chi connectivity index (χ3v) is 2.87. The van der Waals surface area contributed by atoms with Crippen LogP contribution in [0.2, 0.25) is 0 Å². The van der Waals surface area contributed by atoms with E-state index in [1.807, 2.05) is 0 Å². The molecule has 0 aliphatic carbocycles. The lowest BCUT2D eigenvalue weighted by atomic mass is 10.0. The molecule has 1 aliphatic rings. The maximum atomic E-state index is 10.4. The molecule has 1 heterocycles. The van der Waals surface area contributed by atoms with Crippen molar-refractivity contribution in [2.45, 2.75) is 45.6 Å². The van der Waals surface area contributed by atoms with Crippen molar-refractivity contribution in [1.29, 1.82) is 0 Å². The lowest BCUT2D eigenvalue weighted by molar-refractivity contribution is -0.137. The average Bonchev–Trinajstić information content (AvgIpc) is 2.17. The van der Waals surface area contributed by atoms with Crippen LogP contribution in [0.5, 0.6) is 0 Å². The van der Waals surface area contributed by atoms with Gasteiger partial charge in [-0.2, -0.15) is 0 Å². The Morgan fingerprint density at radius 2 is 2.33 bits per heavy atom. The van der Waals surface area contributed by atoms with Gasteiger partial charge in [-0.25, -0.2) is 0 Å². The van der Waals surface area contributed by atoms with Gasteiger partial charge in [-0.05, 0) is 33.1 Å². The zero-order valence-corrected chi connectivity index (χ0v) is 9.70. The predicted molar refractivity (Wildman–Crippen MR) is 60.9 cm³/mol.